The van der Waals surface area contributed by atoms with E-state index in [1.807, 2.05) is 6.92 Å². The summed E-state index contributed by atoms with van der Waals surface area (Å²) < 4.78 is 4.77. The molecular weight excluding hydrogens is 344 g/mol. The summed E-state index contributed by atoms with van der Waals surface area (Å²) in [6, 6.07) is 0. The zero-order valence-electron chi connectivity index (χ0n) is 19.9. The van der Waals surface area contributed by atoms with Crippen molar-refractivity contribution in [1.29, 1.82) is 0 Å². The summed E-state index contributed by atoms with van der Waals surface area (Å²) in [5.41, 5.74) is 0.735. The summed E-state index contributed by atoms with van der Waals surface area (Å²) in [5.74, 6) is 0.973. The van der Waals surface area contributed by atoms with Gasteiger partial charge >= 0.3 is 5.97 Å². The molecule has 0 amide bonds. The summed E-state index contributed by atoms with van der Waals surface area (Å²) in [4.78, 5) is 11.5. The van der Waals surface area contributed by atoms with Crippen molar-refractivity contribution in [1.82, 2.24) is 0 Å². The topological polar surface area (TPSA) is 26.3 Å². The molecule has 0 radical (unpaired) electrons. The molecule has 28 heavy (non-hydrogen) atoms. The second-order valence-corrected chi connectivity index (χ2v) is 9.04. The van der Waals surface area contributed by atoms with Crippen molar-refractivity contribution in [3.8, 4) is 0 Å². The van der Waals surface area contributed by atoms with Gasteiger partial charge in [-0.2, -0.15) is 0 Å². The molecule has 2 nitrogen and oxygen atoms in total. The van der Waals surface area contributed by atoms with Crippen molar-refractivity contribution < 1.29 is 9.53 Å². The maximum absolute atomic E-state index is 11.5. The van der Waals surface area contributed by atoms with Crippen molar-refractivity contribution in [3.63, 3.8) is 0 Å². The molecule has 2 heteroatoms. The van der Waals surface area contributed by atoms with Crippen LogP contribution in [-0.2, 0) is 9.53 Å². The molecule has 2 unspecified atom stereocenters. The van der Waals surface area contributed by atoms with Gasteiger partial charge in [0.1, 0.15) is 0 Å². The summed E-state index contributed by atoms with van der Waals surface area (Å²) >= 11 is 0. The van der Waals surface area contributed by atoms with E-state index in [1.165, 1.54) is 103 Å². The Morgan fingerprint density at radius 1 is 0.786 bits per heavy atom. The third-order valence-corrected chi connectivity index (χ3v) is 5.87. The zero-order valence-corrected chi connectivity index (χ0v) is 19.9. The Morgan fingerprint density at radius 3 is 1.64 bits per heavy atom. The normalized spacial score (nSPS) is 14.1. The number of hydrogen-bond acceptors (Lipinski definition) is 2. The average Bonchev–Trinajstić information content (AvgIpc) is 2.67. The van der Waals surface area contributed by atoms with Crippen LogP contribution in [-0.4, -0.2) is 13.1 Å². The molecule has 0 aromatic heterocycles. The third kappa shape index (κ3) is 17.3. The molecule has 0 heterocycles. The molecule has 0 rings (SSSR count). The highest BCUT2D eigenvalue weighted by Gasteiger charge is 2.10. The first kappa shape index (κ1) is 27.2. The van der Waals surface area contributed by atoms with E-state index in [0.717, 1.165) is 17.9 Å². The van der Waals surface area contributed by atoms with Crippen molar-refractivity contribution in [2.24, 2.45) is 11.8 Å². The Hall–Kier alpha value is -0.790. The number of unbranched alkanes of at least 4 members (excludes halogenated alkanes) is 13. The second kappa shape index (κ2) is 19.5. The molecule has 0 aromatic rings. The van der Waals surface area contributed by atoms with Crippen LogP contribution < -0.4 is 0 Å². The Morgan fingerprint density at radius 2 is 1.21 bits per heavy atom. The number of hydrogen-bond donors (Lipinski definition) is 0. The summed E-state index contributed by atoms with van der Waals surface area (Å²) in [5, 5.41) is 0. The standard InChI is InChI=1S/C26H50O2/c1-6-7-8-9-10-11-12-13-14-15-16-17-18-19-20-23(2)21-24(3)22-25(4)26(27)28-5/h22-24H,6-21H2,1-5H3. The largest absolute Gasteiger partial charge is 0.466 e. The minimum absolute atomic E-state index is 0.202. The van der Waals surface area contributed by atoms with Gasteiger partial charge in [0.25, 0.3) is 0 Å². The van der Waals surface area contributed by atoms with Crippen molar-refractivity contribution in [2.45, 2.75) is 130 Å². The Balaban J connectivity index is 3.45. The van der Waals surface area contributed by atoms with Crippen LogP contribution in [0.15, 0.2) is 11.6 Å². The summed E-state index contributed by atoms with van der Waals surface area (Å²) in [7, 11) is 1.45. The maximum atomic E-state index is 11.5. The van der Waals surface area contributed by atoms with Crippen LogP contribution in [0.4, 0.5) is 0 Å². The van der Waals surface area contributed by atoms with Crippen LogP contribution in [0.2, 0.25) is 0 Å². The van der Waals surface area contributed by atoms with Gasteiger partial charge in [-0.25, -0.2) is 4.79 Å². The van der Waals surface area contributed by atoms with Gasteiger partial charge in [0.05, 0.1) is 7.11 Å². The first-order valence-electron chi connectivity index (χ1n) is 12.3. The van der Waals surface area contributed by atoms with Gasteiger partial charge in [0.2, 0.25) is 0 Å². The van der Waals surface area contributed by atoms with Crippen LogP contribution in [0.5, 0.6) is 0 Å². The molecule has 0 aliphatic carbocycles. The van der Waals surface area contributed by atoms with Crippen molar-refractivity contribution in [2.75, 3.05) is 7.11 Å². The lowest BCUT2D eigenvalue weighted by molar-refractivity contribution is -0.136. The van der Waals surface area contributed by atoms with Gasteiger partial charge in [-0.3, -0.25) is 0 Å². The Bertz CT molecular complexity index is 386. The minimum Gasteiger partial charge on any atom is -0.466 e. The van der Waals surface area contributed by atoms with Gasteiger partial charge in [0.15, 0.2) is 0 Å². The highest BCUT2D eigenvalue weighted by molar-refractivity contribution is 5.87. The second-order valence-electron chi connectivity index (χ2n) is 9.04. The van der Waals surface area contributed by atoms with E-state index >= 15 is 0 Å². The van der Waals surface area contributed by atoms with Crippen molar-refractivity contribution >= 4 is 5.97 Å². The molecular formula is C26H50O2. The summed E-state index contributed by atoms with van der Waals surface area (Å²) in [6.07, 6.45) is 24.4. The SMILES string of the molecule is CCCCCCCCCCCCCCCCC(C)CC(C)C=C(C)C(=O)OC. The number of esters is 1. The minimum atomic E-state index is -0.202. The smallest absolute Gasteiger partial charge is 0.333 e. The average molecular weight is 395 g/mol. The van der Waals surface area contributed by atoms with Crippen LogP contribution in [0.3, 0.4) is 0 Å². The molecule has 0 aromatic carbocycles. The first-order chi connectivity index (χ1) is 13.5. The molecule has 0 saturated carbocycles. The molecule has 2 atom stereocenters. The first-order valence-corrected chi connectivity index (χ1v) is 12.3. The van der Waals surface area contributed by atoms with E-state index in [-0.39, 0.29) is 5.97 Å². The monoisotopic (exact) mass is 394 g/mol. The molecule has 0 aliphatic heterocycles. The fourth-order valence-electron chi connectivity index (χ4n) is 4.16. The highest BCUT2D eigenvalue weighted by atomic mass is 16.5. The summed E-state index contributed by atoms with van der Waals surface area (Å²) in [6.45, 7) is 8.68. The maximum Gasteiger partial charge on any atom is 0.333 e. The fraction of sp³-hybridized carbons (Fsp3) is 0.885. The van der Waals surface area contributed by atoms with E-state index < -0.39 is 0 Å². The third-order valence-electron chi connectivity index (χ3n) is 5.87. The molecule has 0 N–H and O–H groups in total. The number of ether oxygens (including phenoxy) is 1. The van der Waals surface area contributed by atoms with E-state index in [2.05, 4.69) is 26.8 Å². The number of methoxy groups -OCH3 is 1. The Labute approximate surface area is 176 Å². The lowest BCUT2D eigenvalue weighted by atomic mass is 9.91. The molecule has 0 spiro atoms. The van der Waals surface area contributed by atoms with Crippen LogP contribution in [0.1, 0.15) is 130 Å². The number of carbonyl (C=O) groups is 1. The zero-order chi connectivity index (χ0) is 21.0. The van der Waals surface area contributed by atoms with Crippen LogP contribution in [0.25, 0.3) is 0 Å². The van der Waals surface area contributed by atoms with Crippen LogP contribution >= 0.6 is 0 Å². The van der Waals surface area contributed by atoms with Crippen molar-refractivity contribution in [3.05, 3.63) is 11.6 Å². The fourth-order valence-corrected chi connectivity index (χ4v) is 4.16. The Kier molecular flexibility index (Phi) is 19.0. The van der Waals surface area contributed by atoms with E-state index in [4.69, 9.17) is 4.74 Å². The van der Waals surface area contributed by atoms with E-state index in [1.54, 1.807) is 0 Å². The highest BCUT2D eigenvalue weighted by Crippen LogP contribution is 2.21. The van der Waals surface area contributed by atoms with E-state index in [9.17, 15) is 4.79 Å². The van der Waals surface area contributed by atoms with Gasteiger partial charge in [-0.15, -0.1) is 0 Å². The molecule has 0 fully saturated rings. The van der Waals surface area contributed by atoms with E-state index in [0.29, 0.717) is 5.92 Å². The quantitative estimate of drug-likeness (QED) is 0.124. The van der Waals surface area contributed by atoms with Gasteiger partial charge < -0.3 is 4.74 Å². The lowest BCUT2D eigenvalue weighted by Gasteiger charge is -2.15. The lowest BCUT2D eigenvalue weighted by Crippen LogP contribution is -2.06. The molecule has 0 aliphatic rings. The number of rotatable bonds is 19. The molecule has 166 valence electrons. The van der Waals surface area contributed by atoms with Gasteiger partial charge in [0, 0.05) is 5.57 Å². The number of carbonyl (C=O) groups excluding carboxylic acids is 1. The molecule has 0 bridgehead atoms. The predicted molar refractivity (Wildman–Crippen MR) is 124 cm³/mol. The van der Waals surface area contributed by atoms with Gasteiger partial charge in [-0.05, 0) is 25.2 Å². The van der Waals surface area contributed by atoms with Crippen LogP contribution in [0, 0.1) is 11.8 Å². The number of allylic oxidation sites excluding steroid dienone is 1. The van der Waals surface area contributed by atoms with Gasteiger partial charge in [-0.1, -0.05) is 123 Å². The predicted octanol–water partition coefficient (Wildman–Crippen LogP) is 8.64. The molecule has 0 saturated heterocycles.